The second kappa shape index (κ2) is 7.24. The molecular weight excluding hydrogens is 284 g/mol. The molecule has 2 aromatic rings. The van der Waals surface area contributed by atoms with Gasteiger partial charge in [-0.3, -0.25) is 9.88 Å². The predicted octanol–water partition coefficient (Wildman–Crippen LogP) is 3.73. The first-order valence-corrected chi connectivity index (χ1v) is 8.57. The van der Waals surface area contributed by atoms with Gasteiger partial charge in [0.05, 0.1) is 0 Å². The van der Waals surface area contributed by atoms with Crippen molar-refractivity contribution in [2.75, 3.05) is 19.7 Å². The Hall–Kier alpha value is -1.71. The van der Waals surface area contributed by atoms with Crippen LogP contribution < -0.4 is 0 Å². The van der Waals surface area contributed by atoms with Crippen LogP contribution in [0.15, 0.2) is 48.8 Å². The smallest absolute Gasteiger partial charge is 0.0488 e. The molecule has 1 aliphatic rings. The Morgan fingerprint density at radius 2 is 1.91 bits per heavy atom. The van der Waals surface area contributed by atoms with Gasteiger partial charge in [0.2, 0.25) is 0 Å². The number of likely N-dealkylation sites (tertiary alicyclic amines) is 1. The summed E-state index contributed by atoms with van der Waals surface area (Å²) in [7, 11) is 0. The molecule has 0 aliphatic carbocycles. The molecule has 2 heterocycles. The summed E-state index contributed by atoms with van der Waals surface area (Å²) in [6, 6.07) is 12.8. The van der Waals surface area contributed by atoms with Crippen LogP contribution >= 0.6 is 0 Å². The first-order chi connectivity index (χ1) is 11.2. The fraction of sp³-hybridized carbons (Fsp3) is 0.450. The molecule has 0 amide bonds. The maximum atomic E-state index is 9.66. The van der Waals surface area contributed by atoms with Gasteiger partial charge in [-0.2, -0.15) is 0 Å². The van der Waals surface area contributed by atoms with Gasteiger partial charge in [0.25, 0.3) is 0 Å². The van der Waals surface area contributed by atoms with Gasteiger partial charge in [0.15, 0.2) is 0 Å². The molecular formula is C20H26N2O. The molecule has 1 aromatic heterocycles. The zero-order chi connectivity index (χ0) is 16.1. The molecule has 1 aliphatic heterocycles. The van der Waals surface area contributed by atoms with Crippen LogP contribution in [0.1, 0.15) is 31.7 Å². The van der Waals surface area contributed by atoms with E-state index in [4.69, 9.17) is 0 Å². The zero-order valence-electron chi connectivity index (χ0n) is 13.9. The molecule has 1 saturated heterocycles. The molecule has 0 bridgehead atoms. The van der Waals surface area contributed by atoms with Crippen LogP contribution in [0.4, 0.5) is 0 Å². The summed E-state index contributed by atoms with van der Waals surface area (Å²) in [4.78, 5) is 6.71. The summed E-state index contributed by atoms with van der Waals surface area (Å²) in [5.41, 5.74) is 3.90. The van der Waals surface area contributed by atoms with E-state index < -0.39 is 0 Å². The Morgan fingerprint density at radius 1 is 1.13 bits per heavy atom. The topological polar surface area (TPSA) is 36.4 Å². The van der Waals surface area contributed by atoms with E-state index in [0.717, 1.165) is 38.9 Å². The van der Waals surface area contributed by atoms with Crippen molar-refractivity contribution in [1.29, 1.82) is 0 Å². The highest BCUT2D eigenvalue weighted by Gasteiger charge is 2.32. The third-order valence-corrected chi connectivity index (χ3v) is 5.33. The van der Waals surface area contributed by atoms with Gasteiger partial charge in [0.1, 0.15) is 0 Å². The van der Waals surface area contributed by atoms with Crippen LogP contribution in [0.25, 0.3) is 11.1 Å². The average molecular weight is 310 g/mol. The number of rotatable bonds is 5. The number of aliphatic hydroxyl groups is 1. The molecule has 1 fully saturated rings. The van der Waals surface area contributed by atoms with E-state index >= 15 is 0 Å². The molecule has 23 heavy (non-hydrogen) atoms. The summed E-state index contributed by atoms with van der Waals surface area (Å²) < 4.78 is 0. The van der Waals surface area contributed by atoms with Gasteiger partial charge in [-0.1, -0.05) is 31.2 Å². The van der Waals surface area contributed by atoms with E-state index in [2.05, 4.69) is 47.1 Å². The lowest BCUT2D eigenvalue weighted by molar-refractivity contribution is 0.0382. The van der Waals surface area contributed by atoms with E-state index in [-0.39, 0.29) is 5.41 Å². The number of hydrogen-bond donors (Lipinski definition) is 1. The Balaban J connectivity index is 1.66. The van der Waals surface area contributed by atoms with Crippen LogP contribution in [-0.4, -0.2) is 34.7 Å². The van der Waals surface area contributed by atoms with Gasteiger partial charge < -0.3 is 5.11 Å². The third-order valence-electron chi connectivity index (χ3n) is 5.33. The summed E-state index contributed by atoms with van der Waals surface area (Å²) in [6.45, 7) is 5.66. The van der Waals surface area contributed by atoms with Crippen molar-refractivity contribution in [2.45, 2.75) is 32.7 Å². The highest BCUT2D eigenvalue weighted by atomic mass is 16.3. The Labute approximate surface area is 139 Å². The van der Waals surface area contributed by atoms with Crippen LogP contribution in [0.2, 0.25) is 0 Å². The predicted molar refractivity (Wildman–Crippen MR) is 94.0 cm³/mol. The number of nitrogens with zero attached hydrogens (tertiary/aromatic N) is 2. The monoisotopic (exact) mass is 310 g/mol. The first kappa shape index (κ1) is 16.2. The molecule has 1 aromatic carbocycles. The molecule has 0 spiro atoms. The molecule has 1 N–H and O–H groups in total. The average Bonchev–Trinajstić information content (AvgIpc) is 2.64. The maximum absolute atomic E-state index is 9.66. The zero-order valence-corrected chi connectivity index (χ0v) is 13.9. The molecule has 0 atom stereocenters. The lowest BCUT2D eigenvalue weighted by Crippen LogP contribution is -2.41. The minimum Gasteiger partial charge on any atom is -0.396 e. The van der Waals surface area contributed by atoms with Crippen molar-refractivity contribution in [1.82, 2.24) is 9.88 Å². The van der Waals surface area contributed by atoms with Gasteiger partial charge in [-0.25, -0.2) is 0 Å². The lowest BCUT2D eigenvalue weighted by atomic mass is 9.77. The number of benzene rings is 1. The Kier molecular flexibility index (Phi) is 5.09. The largest absolute Gasteiger partial charge is 0.396 e. The van der Waals surface area contributed by atoms with Gasteiger partial charge in [0, 0.05) is 25.5 Å². The lowest BCUT2D eigenvalue weighted by Gasteiger charge is -2.40. The van der Waals surface area contributed by atoms with Crippen molar-refractivity contribution in [3.63, 3.8) is 0 Å². The Morgan fingerprint density at radius 3 is 2.57 bits per heavy atom. The van der Waals surface area contributed by atoms with Crippen molar-refractivity contribution in [3.05, 3.63) is 54.4 Å². The van der Waals surface area contributed by atoms with E-state index in [1.807, 2.05) is 18.5 Å². The summed E-state index contributed by atoms with van der Waals surface area (Å²) in [5, 5.41) is 9.66. The highest BCUT2D eigenvalue weighted by molar-refractivity contribution is 5.62. The fourth-order valence-electron chi connectivity index (χ4n) is 3.45. The number of pyridine rings is 1. The van der Waals surface area contributed by atoms with Crippen molar-refractivity contribution < 1.29 is 5.11 Å². The molecule has 0 saturated carbocycles. The number of piperidine rings is 1. The van der Waals surface area contributed by atoms with Gasteiger partial charge in [-0.05, 0) is 66.6 Å². The van der Waals surface area contributed by atoms with E-state index in [1.54, 1.807) is 0 Å². The van der Waals surface area contributed by atoms with Crippen molar-refractivity contribution in [2.24, 2.45) is 5.41 Å². The molecule has 3 heteroatoms. The van der Waals surface area contributed by atoms with Crippen molar-refractivity contribution >= 4 is 0 Å². The highest BCUT2D eigenvalue weighted by Crippen LogP contribution is 2.34. The summed E-state index contributed by atoms with van der Waals surface area (Å²) >= 11 is 0. The van der Waals surface area contributed by atoms with Crippen molar-refractivity contribution in [3.8, 4) is 11.1 Å². The molecule has 3 nitrogen and oxygen atoms in total. The molecule has 3 rings (SSSR count). The quantitative estimate of drug-likeness (QED) is 0.914. The minimum atomic E-state index is 0.161. The van der Waals surface area contributed by atoms with E-state index in [9.17, 15) is 5.11 Å². The minimum absolute atomic E-state index is 0.161. The maximum Gasteiger partial charge on any atom is 0.0488 e. The van der Waals surface area contributed by atoms with E-state index in [1.165, 1.54) is 16.7 Å². The summed E-state index contributed by atoms with van der Waals surface area (Å²) in [5.74, 6) is 0. The van der Waals surface area contributed by atoms with Crippen LogP contribution in [0.3, 0.4) is 0 Å². The number of hydrogen-bond acceptors (Lipinski definition) is 3. The number of aromatic nitrogens is 1. The molecule has 0 radical (unpaired) electrons. The Bertz CT molecular complexity index is 613. The second-order valence-corrected chi connectivity index (χ2v) is 6.73. The normalized spacial score (nSPS) is 18.0. The van der Waals surface area contributed by atoms with Crippen LogP contribution in [0.5, 0.6) is 0 Å². The van der Waals surface area contributed by atoms with Gasteiger partial charge >= 0.3 is 0 Å². The SMILES string of the molecule is CCC1(CO)CCN(Cc2cccc(-c3cccnc3)c2)CC1. The fourth-order valence-corrected chi connectivity index (χ4v) is 3.45. The van der Waals surface area contributed by atoms with E-state index in [0.29, 0.717) is 6.61 Å². The summed E-state index contributed by atoms with van der Waals surface area (Å²) in [6.07, 6.45) is 7.00. The van der Waals surface area contributed by atoms with Gasteiger partial charge in [-0.15, -0.1) is 0 Å². The third kappa shape index (κ3) is 3.80. The molecule has 0 unspecified atom stereocenters. The first-order valence-electron chi connectivity index (χ1n) is 8.57. The standard InChI is InChI=1S/C20H26N2O/c1-2-20(16-23)8-11-22(12-9-20)15-17-5-3-6-18(13-17)19-7-4-10-21-14-19/h3-7,10,13-14,23H,2,8-9,11-12,15-16H2,1H3. The van der Waals surface area contributed by atoms with Crippen LogP contribution in [-0.2, 0) is 6.54 Å². The molecule has 122 valence electrons. The van der Waals surface area contributed by atoms with Crippen LogP contribution in [0, 0.1) is 5.41 Å². The second-order valence-electron chi connectivity index (χ2n) is 6.73. The number of aliphatic hydroxyl groups excluding tert-OH is 1.